The number of hydrogen-bond acceptors (Lipinski definition) is 4. The molecule has 1 aliphatic rings. The molecule has 0 radical (unpaired) electrons. The Bertz CT molecular complexity index is 1060. The Morgan fingerprint density at radius 3 is 2.71 bits per heavy atom. The van der Waals surface area contributed by atoms with Gasteiger partial charge in [-0.25, -0.2) is 0 Å². The van der Waals surface area contributed by atoms with Crippen LogP contribution in [0.2, 0.25) is 0 Å². The van der Waals surface area contributed by atoms with Crippen LogP contribution in [0.1, 0.15) is 36.2 Å². The van der Waals surface area contributed by atoms with E-state index in [1.165, 1.54) is 18.6 Å². The Morgan fingerprint density at radius 2 is 1.94 bits per heavy atom. The van der Waals surface area contributed by atoms with Crippen LogP contribution >= 0.6 is 0 Å². The van der Waals surface area contributed by atoms with Gasteiger partial charge < -0.3 is 14.6 Å². The van der Waals surface area contributed by atoms with Crippen LogP contribution in [0, 0.1) is 6.92 Å². The maximum atomic E-state index is 12.6. The third-order valence-corrected chi connectivity index (χ3v) is 5.39. The highest BCUT2D eigenvalue weighted by atomic mass is 19.3. The van der Waals surface area contributed by atoms with Crippen LogP contribution < -0.4 is 10.1 Å². The molecule has 2 aromatic carbocycles. The Hall–Kier alpha value is -3.29. The van der Waals surface area contributed by atoms with Crippen LogP contribution in [0.15, 0.2) is 42.5 Å². The zero-order valence-electron chi connectivity index (χ0n) is 17.3. The Balaban J connectivity index is 1.48. The molecule has 0 spiro atoms. The van der Waals surface area contributed by atoms with Gasteiger partial charge in [-0.15, -0.1) is 10.2 Å². The summed E-state index contributed by atoms with van der Waals surface area (Å²) < 4.78 is 31.0. The number of halogens is 2. The zero-order chi connectivity index (χ0) is 21.8. The first-order chi connectivity index (χ1) is 15.0. The lowest BCUT2D eigenvalue weighted by molar-refractivity contribution is -0.115. The number of carbonyl (C=O) groups excluding carboxylic acids is 1. The molecule has 0 saturated heterocycles. The van der Waals surface area contributed by atoms with E-state index in [4.69, 9.17) is 0 Å². The molecule has 1 aliphatic heterocycles. The molecule has 162 valence electrons. The van der Waals surface area contributed by atoms with Gasteiger partial charge in [-0.1, -0.05) is 30.7 Å². The van der Waals surface area contributed by atoms with Crippen molar-refractivity contribution in [1.82, 2.24) is 14.8 Å². The summed E-state index contributed by atoms with van der Waals surface area (Å²) in [5.74, 6) is 1.71. The fourth-order valence-electron chi connectivity index (χ4n) is 3.76. The van der Waals surface area contributed by atoms with Crippen LogP contribution in [-0.2, 0) is 24.2 Å². The van der Waals surface area contributed by atoms with Crippen molar-refractivity contribution in [3.63, 3.8) is 0 Å². The zero-order valence-corrected chi connectivity index (χ0v) is 17.3. The summed E-state index contributed by atoms with van der Waals surface area (Å²) in [6, 6.07) is 11.9. The molecule has 0 atom stereocenters. The minimum atomic E-state index is -2.87. The van der Waals surface area contributed by atoms with Crippen molar-refractivity contribution in [3.8, 4) is 17.1 Å². The monoisotopic (exact) mass is 426 g/mol. The van der Waals surface area contributed by atoms with Crippen LogP contribution in [0.5, 0.6) is 5.75 Å². The minimum absolute atomic E-state index is 0.0649. The number of aromatic nitrogens is 3. The summed E-state index contributed by atoms with van der Waals surface area (Å²) in [5, 5.41) is 11.7. The fraction of sp³-hybridized carbons (Fsp3) is 0.348. The van der Waals surface area contributed by atoms with Crippen molar-refractivity contribution < 1.29 is 18.3 Å². The van der Waals surface area contributed by atoms with Crippen LogP contribution in [0.4, 0.5) is 14.5 Å². The molecule has 0 bridgehead atoms. The van der Waals surface area contributed by atoms with Gasteiger partial charge >= 0.3 is 6.61 Å². The lowest BCUT2D eigenvalue weighted by Gasteiger charge is -2.12. The van der Waals surface area contributed by atoms with Crippen molar-refractivity contribution in [2.75, 3.05) is 5.32 Å². The van der Waals surface area contributed by atoms with Gasteiger partial charge in [0.1, 0.15) is 11.6 Å². The molecular formula is C23H24F2N4O2. The Morgan fingerprint density at radius 1 is 1.13 bits per heavy atom. The number of benzene rings is 2. The fourth-order valence-corrected chi connectivity index (χ4v) is 3.76. The van der Waals surface area contributed by atoms with Crippen molar-refractivity contribution >= 4 is 11.6 Å². The van der Waals surface area contributed by atoms with Gasteiger partial charge in [0.05, 0.1) is 6.42 Å². The van der Waals surface area contributed by atoms with E-state index in [0.717, 1.165) is 48.6 Å². The number of rotatable bonds is 6. The highest BCUT2D eigenvalue weighted by Crippen LogP contribution is 2.27. The molecule has 2 heterocycles. The van der Waals surface area contributed by atoms with E-state index in [1.54, 1.807) is 12.1 Å². The number of amides is 1. The van der Waals surface area contributed by atoms with E-state index in [2.05, 4.69) is 24.8 Å². The molecule has 1 aromatic heterocycles. The number of fused-ring (bicyclic) bond motifs is 1. The summed E-state index contributed by atoms with van der Waals surface area (Å²) in [6.45, 7) is -0.0386. The standard InChI is InChI=1S/C23H24F2N4O2/c1-15-6-9-17(22-28-27-20-5-3-2-4-12-29(20)22)14-19(15)26-21(30)13-16-7-10-18(11-8-16)31-23(24)25/h6-11,14,23H,2-5,12-13H2,1H3,(H,26,30). The normalized spacial score (nSPS) is 13.5. The van der Waals surface area contributed by atoms with E-state index in [-0.39, 0.29) is 18.1 Å². The molecule has 3 aromatic rings. The number of hydrogen-bond donors (Lipinski definition) is 1. The van der Waals surface area contributed by atoms with Gasteiger partial charge in [0, 0.05) is 24.2 Å². The number of alkyl halides is 2. The number of aryl methyl sites for hydroxylation is 2. The van der Waals surface area contributed by atoms with Gasteiger partial charge in [-0.2, -0.15) is 8.78 Å². The van der Waals surface area contributed by atoms with Crippen molar-refractivity contribution in [1.29, 1.82) is 0 Å². The van der Waals surface area contributed by atoms with Gasteiger partial charge in [-0.3, -0.25) is 4.79 Å². The average molecular weight is 426 g/mol. The topological polar surface area (TPSA) is 69.0 Å². The Kier molecular flexibility index (Phi) is 6.25. The van der Waals surface area contributed by atoms with Crippen LogP contribution in [0.25, 0.3) is 11.4 Å². The average Bonchev–Trinajstić information content (AvgIpc) is 2.99. The second-order valence-corrected chi connectivity index (χ2v) is 7.68. The predicted molar refractivity (Wildman–Crippen MR) is 113 cm³/mol. The lowest BCUT2D eigenvalue weighted by atomic mass is 10.1. The van der Waals surface area contributed by atoms with Crippen LogP contribution in [-0.4, -0.2) is 27.3 Å². The molecule has 0 saturated carbocycles. The lowest BCUT2D eigenvalue weighted by Crippen LogP contribution is -2.15. The molecule has 0 aliphatic carbocycles. The second kappa shape index (κ2) is 9.24. The molecule has 4 rings (SSSR count). The summed E-state index contributed by atoms with van der Waals surface area (Å²) >= 11 is 0. The van der Waals surface area contributed by atoms with Gasteiger partial charge in [-0.05, 0) is 49.1 Å². The number of anilines is 1. The predicted octanol–water partition coefficient (Wildman–Crippen LogP) is 4.76. The second-order valence-electron chi connectivity index (χ2n) is 7.68. The quantitative estimate of drug-likeness (QED) is 0.617. The first-order valence-electron chi connectivity index (χ1n) is 10.4. The highest BCUT2D eigenvalue weighted by Gasteiger charge is 2.17. The van der Waals surface area contributed by atoms with Crippen molar-refractivity contribution in [2.45, 2.75) is 52.2 Å². The van der Waals surface area contributed by atoms with E-state index in [1.807, 2.05) is 25.1 Å². The molecule has 1 amide bonds. The third kappa shape index (κ3) is 5.07. The van der Waals surface area contributed by atoms with Gasteiger partial charge in [0.15, 0.2) is 5.82 Å². The van der Waals surface area contributed by atoms with E-state index >= 15 is 0 Å². The molecule has 8 heteroatoms. The largest absolute Gasteiger partial charge is 0.435 e. The van der Waals surface area contributed by atoms with Crippen LogP contribution in [0.3, 0.4) is 0 Å². The summed E-state index contributed by atoms with van der Waals surface area (Å²) in [5.41, 5.74) is 3.27. The molecule has 6 nitrogen and oxygen atoms in total. The van der Waals surface area contributed by atoms with E-state index < -0.39 is 6.61 Å². The Labute approximate surface area is 179 Å². The van der Waals surface area contributed by atoms with Gasteiger partial charge in [0.25, 0.3) is 0 Å². The number of nitrogens with zero attached hydrogens (tertiary/aromatic N) is 3. The third-order valence-electron chi connectivity index (χ3n) is 5.39. The number of ether oxygens (including phenoxy) is 1. The first-order valence-corrected chi connectivity index (χ1v) is 10.4. The highest BCUT2D eigenvalue weighted by molar-refractivity contribution is 5.93. The minimum Gasteiger partial charge on any atom is -0.435 e. The molecule has 0 unspecified atom stereocenters. The maximum Gasteiger partial charge on any atom is 0.387 e. The van der Waals surface area contributed by atoms with Gasteiger partial charge in [0.2, 0.25) is 5.91 Å². The van der Waals surface area contributed by atoms with E-state index in [0.29, 0.717) is 11.3 Å². The van der Waals surface area contributed by atoms with E-state index in [9.17, 15) is 13.6 Å². The maximum absolute atomic E-state index is 12.6. The number of carbonyl (C=O) groups is 1. The molecule has 0 fully saturated rings. The smallest absolute Gasteiger partial charge is 0.387 e. The summed E-state index contributed by atoms with van der Waals surface area (Å²) in [4.78, 5) is 12.6. The van der Waals surface area contributed by atoms with Crippen molar-refractivity contribution in [2.24, 2.45) is 0 Å². The summed E-state index contributed by atoms with van der Waals surface area (Å²) in [6.07, 6.45) is 4.48. The molecular weight excluding hydrogens is 402 g/mol. The SMILES string of the molecule is Cc1ccc(-c2nnc3n2CCCCC3)cc1NC(=O)Cc1ccc(OC(F)F)cc1. The van der Waals surface area contributed by atoms with Crippen molar-refractivity contribution in [3.05, 3.63) is 59.4 Å². The molecule has 31 heavy (non-hydrogen) atoms. The summed E-state index contributed by atoms with van der Waals surface area (Å²) in [7, 11) is 0. The molecule has 1 N–H and O–H groups in total. The first kappa shape index (κ1) is 21.0. The number of nitrogens with one attached hydrogen (secondary N) is 1.